The molecule has 0 aromatic heterocycles. The number of benzene rings is 5. The lowest BCUT2D eigenvalue weighted by atomic mass is 9.86. The lowest BCUT2D eigenvalue weighted by molar-refractivity contribution is -0.384. The van der Waals surface area contributed by atoms with Crippen LogP contribution in [0.5, 0.6) is 28.7 Å². The van der Waals surface area contributed by atoms with E-state index in [0.717, 1.165) is 22.3 Å². The molecule has 5 aromatic carbocycles. The Morgan fingerprint density at radius 1 is 0.448 bits per heavy atom. The Hall–Kier alpha value is -4.68. The molecule has 0 atom stereocenters. The molecule has 0 spiro atoms. The van der Waals surface area contributed by atoms with Crippen molar-refractivity contribution in [3.8, 4) is 28.7 Å². The van der Waals surface area contributed by atoms with Gasteiger partial charge in [-0.1, -0.05) is 156 Å². The molecule has 58 heavy (non-hydrogen) atoms. The highest BCUT2D eigenvalue weighted by atomic mass is 31.2. The summed E-state index contributed by atoms with van der Waals surface area (Å²) < 4.78 is 39.7. The van der Waals surface area contributed by atoms with Crippen molar-refractivity contribution in [2.24, 2.45) is 0 Å². The summed E-state index contributed by atoms with van der Waals surface area (Å²) in [7, 11) is -4.32. The Morgan fingerprint density at radius 2 is 0.759 bits per heavy atom. The minimum Gasteiger partial charge on any atom is -0.417 e. The Morgan fingerprint density at radius 3 is 1.09 bits per heavy atom. The lowest BCUT2D eigenvalue weighted by Crippen LogP contribution is -2.15. The molecule has 9 nitrogen and oxygen atoms in total. The predicted molar refractivity (Wildman–Crippen MR) is 235 cm³/mol. The van der Waals surface area contributed by atoms with Crippen molar-refractivity contribution in [1.82, 2.24) is 0 Å². The number of nitro groups is 1. The molecule has 5 rings (SSSR count). The van der Waals surface area contributed by atoms with Gasteiger partial charge in [0.05, 0.1) is 17.6 Å². The van der Waals surface area contributed by atoms with Gasteiger partial charge in [0.25, 0.3) is 5.69 Å². The smallest absolute Gasteiger partial charge is 0.417 e. The molecule has 0 saturated carbocycles. The molecule has 0 unspecified atom stereocenters. The zero-order valence-electron chi connectivity index (χ0n) is 35.8. The zero-order valence-corrected chi connectivity index (χ0v) is 37.6. The van der Waals surface area contributed by atoms with Gasteiger partial charge in [-0.25, -0.2) is 0 Å². The summed E-state index contributed by atoms with van der Waals surface area (Å²) >= 11 is 0. The number of para-hydroxylation sites is 4. The maximum atomic E-state index is 12.2. The van der Waals surface area contributed by atoms with E-state index in [4.69, 9.17) is 27.1 Å². The average Bonchev–Trinajstić information content (AvgIpc) is 3.13. The number of nitro benzene ring substituents is 1. The molecule has 0 radical (unpaired) electrons. The fraction of sp³-hybridized carbons (Fsp3) is 0.362. The molecule has 308 valence electrons. The predicted octanol–water partition coefficient (Wildman–Crippen LogP) is 14.4. The maximum absolute atomic E-state index is 12.2. The van der Waals surface area contributed by atoms with Gasteiger partial charge in [0.1, 0.15) is 28.7 Å². The molecule has 0 fully saturated rings. The SMILES string of the molecule is CC(C)(C)c1ccccc1OP(OCc1ccc([N+](=O)[O-])cc1OP(Oc1ccccc1C(C)(C)C)Oc1ccccc1C(C)(C)C)Oc1ccccc1C(C)(C)C. The molecule has 0 N–H and O–H groups in total. The third-order valence-electron chi connectivity index (χ3n) is 9.23. The minimum absolute atomic E-state index is 0.0747. The molecule has 0 aliphatic carbocycles. The fourth-order valence-corrected chi connectivity index (χ4v) is 8.28. The highest BCUT2D eigenvalue weighted by Gasteiger charge is 2.31. The molecular formula is C47H57NO8P2. The number of rotatable bonds is 14. The third-order valence-corrected chi connectivity index (χ3v) is 11.3. The van der Waals surface area contributed by atoms with Gasteiger partial charge in [-0.2, -0.15) is 0 Å². The molecular weight excluding hydrogens is 768 g/mol. The van der Waals surface area contributed by atoms with Crippen molar-refractivity contribution in [3.05, 3.63) is 153 Å². The van der Waals surface area contributed by atoms with Gasteiger partial charge >= 0.3 is 17.2 Å². The van der Waals surface area contributed by atoms with E-state index in [1.807, 2.05) is 97.1 Å². The maximum Gasteiger partial charge on any atom is 0.530 e. The lowest BCUT2D eigenvalue weighted by Gasteiger charge is -2.28. The topological polar surface area (TPSA) is 98.5 Å². The van der Waals surface area contributed by atoms with Gasteiger partial charge < -0.3 is 22.6 Å². The summed E-state index contributed by atoms with van der Waals surface area (Å²) in [6.07, 6.45) is 0. The third kappa shape index (κ3) is 11.7. The van der Waals surface area contributed by atoms with Gasteiger partial charge in [-0.05, 0) is 52.0 Å². The molecule has 11 heteroatoms. The van der Waals surface area contributed by atoms with Crippen LogP contribution in [0.15, 0.2) is 115 Å². The summed E-state index contributed by atoms with van der Waals surface area (Å²) in [5, 5.41) is 12.2. The second-order valence-electron chi connectivity index (χ2n) is 18.2. The van der Waals surface area contributed by atoms with Crippen LogP contribution in [0.3, 0.4) is 0 Å². The standard InChI is InChI=1S/C47H57NO8P2/c1-44(2,3)35-21-13-17-25-39(35)52-57(53-40-26-18-14-22-36(40)45(4,5)6)51-32-33-29-30-34(48(49)50)31-43(33)56-58(54-41-27-19-15-23-37(41)46(7,8)9)55-42-28-20-16-24-38(42)47(10,11)12/h13-31H,32H2,1-12H3. The average molecular weight is 826 g/mol. The number of nitrogens with zero attached hydrogens (tertiary/aromatic N) is 1. The van der Waals surface area contributed by atoms with Crippen molar-refractivity contribution in [1.29, 1.82) is 0 Å². The van der Waals surface area contributed by atoms with E-state index >= 15 is 0 Å². The Kier molecular flexibility index (Phi) is 13.8. The van der Waals surface area contributed by atoms with Crippen LogP contribution < -0.4 is 22.6 Å². The normalized spacial score (nSPS) is 12.4. The van der Waals surface area contributed by atoms with Crippen molar-refractivity contribution >= 4 is 22.9 Å². The highest BCUT2D eigenvalue weighted by Crippen LogP contribution is 2.50. The fourth-order valence-electron chi connectivity index (χ4n) is 6.18. The molecule has 0 amide bonds. The largest absolute Gasteiger partial charge is 0.530 e. The molecule has 0 bridgehead atoms. The molecule has 0 heterocycles. The van der Waals surface area contributed by atoms with E-state index in [1.54, 1.807) is 6.07 Å². The number of hydrogen-bond acceptors (Lipinski definition) is 8. The van der Waals surface area contributed by atoms with Crippen molar-refractivity contribution < 1.29 is 32.1 Å². The van der Waals surface area contributed by atoms with E-state index in [9.17, 15) is 10.1 Å². The van der Waals surface area contributed by atoms with Crippen LogP contribution in [0.2, 0.25) is 0 Å². The van der Waals surface area contributed by atoms with Crippen LogP contribution in [0.25, 0.3) is 0 Å². The number of non-ortho nitro benzene ring substituents is 1. The number of hydrogen-bond donors (Lipinski definition) is 0. The Labute approximate surface area is 347 Å². The van der Waals surface area contributed by atoms with Crippen molar-refractivity contribution in [2.45, 2.75) is 111 Å². The second kappa shape index (κ2) is 18.1. The van der Waals surface area contributed by atoms with Crippen LogP contribution in [0.4, 0.5) is 5.69 Å². The van der Waals surface area contributed by atoms with Gasteiger partial charge in [-0.15, -0.1) is 0 Å². The van der Waals surface area contributed by atoms with Crippen LogP contribution in [-0.4, -0.2) is 4.92 Å². The van der Waals surface area contributed by atoms with Gasteiger partial charge in [0.2, 0.25) is 0 Å². The summed E-state index contributed by atoms with van der Waals surface area (Å²) in [6, 6.07) is 35.6. The molecule has 0 saturated heterocycles. The first-order chi connectivity index (χ1) is 27.1. The van der Waals surface area contributed by atoms with Crippen molar-refractivity contribution in [2.75, 3.05) is 0 Å². The summed E-state index contributed by atoms with van der Waals surface area (Å²) in [5.41, 5.74) is 3.25. The van der Waals surface area contributed by atoms with Crippen LogP contribution >= 0.6 is 17.2 Å². The minimum atomic E-state index is -2.24. The van der Waals surface area contributed by atoms with E-state index in [0.29, 0.717) is 28.6 Å². The van der Waals surface area contributed by atoms with E-state index < -0.39 is 22.1 Å². The van der Waals surface area contributed by atoms with E-state index in [-0.39, 0.29) is 39.7 Å². The first-order valence-electron chi connectivity index (χ1n) is 19.4. The van der Waals surface area contributed by atoms with Gasteiger partial charge in [0.15, 0.2) is 0 Å². The molecule has 0 aliphatic heterocycles. The van der Waals surface area contributed by atoms with E-state index in [2.05, 4.69) is 83.1 Å². The Bertz CT molecular complexity index is 2060. The summed E-state index contributed by atoms with van der Waals surface area (Å²) in [6.45, 7) is 25.3. The van der Waals surface area contributed by atoms with E-state index in [1.165, 1.54) is 12.1 Å². The first-order valence-corrected chi connectivity index (χ1v) is 21.6. The van der Waals surface area contributed by atoms with Crippen LogP contribution in [-0.2, 0) is 32.8 Å². The van der Waals surface area contributed by atoms with Crippen LogP contribution in [0.1, 0.15) is 111 Å². The second-order valence-corrected chi connectivity index (χ2v) is 20.3. The zero-order chi connectivity index (χ0) is 42.5. The van der Waals surface area contributed by atoms with Gasteiger partial charge in [-0.3, -0.25) is 14.6 Å². The van der Waals surface area contributed by atoms with Crippen molar-refractivity contribution in [3.63, 3.8) is 0 Å². The quantitative estimate of drug-likeness (QED) is 0.0620. The monoisotopic (exact) mass is 825 g/mol. The summed E-state index contributed by atoms with van der Waals surface area (Å²) in [5.74, 6) is 2.60. The molecule has 5 aromatic rings. The summed E-state index contributed by atoms with van der Waals surface area (Å²) in [4.78, 5) is 11.7. The molecule has 0 aliphatic rings. The highest BCUT2D eigenvalue weighted by molar-refractivity contribution is 7.43. The van der Waals surface area contributed by atoms with Crippen LogP contribution in [0, 0.1) is 10.1 Å². The Balaban J connectivity index is 1.56. The first kappa shape index (κ1) is 44.4. The van der Waals surface area contributed by atoms with Gasteiger partial charge in [0, 0.05) is 33.9 Å².